The lowest BCUT2D eigenvalue weighted by Crippen LogP contribution is -2.34. The number of halogens is 5. The van der Waals surface area contributed by atoms with E-state index in [1.165, 1.54) is 18.2 Å². The number of benzene rings is 1. The van der Waals surface area contributed by atoms with Crippen LogP contribution in [0.4, 0.5) is 27.6 Å². The Kier molecular flexibility index (Phi) is 2.64. The average Bonchev–Trinajstić information content (AvgIpc) is 2.26. The molecule has 0 aliphatic rings. The Morgan fingerprint density at radius 3 is 2.17 bits per heavy atom. The van der Waals surface area contributed by atoms with E-state index in [2.05, 4.69) is 4.98 Å². The van der Waals surface area contributed by atoms with E-state index in [1.807, 2.05) is 0 Å². The first-order chi connectivity index (χ1) is 8.22. The van der Waals surface area contributed by atoms with Gasteiger partial charge in [0.05, 0.1) is 5.52 Å². The van der Waals surface area contributed by atoms with E-state index in [0.29, 0.717) is 11.5 Å². The largest absolute Gasteiger partial charge is 0.459 e. The maximum Gasteiger partial charge on any atom is 0.459 e. The minimum atomic E-state index is -5.67. The van der Waals surface area contributed by atoms with Gasteiger partial charge in [-0.15, -0.1) is 0 Å². The monoisotopic (exact) mass is 262 g/mol. The molecule has 2 nitrogen and oxygen atoms in total. The zero-order valence-corrected chi connectivity index (χ0v) is 8.80. The van der Waals surface area contributed by atoms with Crippen molar-refractivity contribution < 1.29 is 22.0 Å². The minimum Gasteiger partial charge on any atom is -0.399 e. The highest BCUT2D eigenvalue weighted by Crippen LogP contribution is 2.43. The molecule has 0 saturated carbocycles. The number of nitrogen functional groups attached to an aromatic ring is 1. The van der Waals surface area contributed by atoms with Gasteiger partial charge in [-0.3, -0.25) is 0 Å². The molecule has 0 fully saturated rings. The van der Waals surface area contributed by atoms with Crippen molar-refractivity contribution in [3.05, 3.63) is 36.0 Å². The number of aromatic nitrogens is 1. The number of alkyl halides is 5. The van der Waals surface area contributed by atoms with Gasteiger partial charge in [-0.1, -0.05) is 12.1 Å². The molecule has 0 aliphatic heterocycles. The number of hydrogen-bond acceptors (Lipinski definition) is 2. The molecule has 0 atom stereocenters. The molecule has 1 aromatic heterocycles. The summed E-state index contributed by atoms with van der Waals surface area (Å²) in [5, 5.41) is 0.436. The van der Waals surface area contributed by atoms with Crippen molar-refractivity contribution in [3.8, 4) is 0 Å². The Morgan fingerprint density at radius 1 is 0.944 bits per heavy atom. The van der Waals surface area contributed by atoms with Crippen LogP contribution >= 0.6 is 0 Å². The molecule has 96 valence electrons. The molecule has 0 aliphatic carbocycles. The number of hydrogen-bond donors (Lipinski definition) is 1. The smallest absolute Gasteiger partial charge is 0.399 e. The van der Waals surface area contributed by atoms with Gasteiger partial charge in [-0.2, -0.15) is 22.0 Å². The maximum absolute atomic E-state index is 13.1. The van der Waals surface area contributed by atoms with Crippen molar-refractivity contribution in [3.63, 3.8) is 0 Å². The molecule has 2 rings (SSSR count). The van der Waals surface area contributed by atoms with E-state index in [1.54, 1.807) is 0 Å². The van der Waals surface area contributed by atoms with Crippen molar-refractivity contribution in [2.24, 2.45) is 0 Å². The Labute approximate surface area is 98.2 Å². The average molecular weight is 262 g/mol. The van der Waals surface area contributed by atoms with Crippen LogP contribution in [0.3, 0.4) is 0 Å². The van der Waals surface area contributed by atoms with Crippen molar-refractivity contribution >= 4 is 16.6 Å². The van der Waals surface area contributed by atoms with Gasteiger partial charge in [0.25, 0.3) is 0 Å². The highest BCUT2D eigenvalue weighted by atomic mass is 19.4. The van der Waals surface area contributed by atoms with E-state index in [9.17, 15) is 22.0 Å². The summed E-state index contributed by atoms with van der Waals surface area (Å²) >= 11 is 0. The number of fused-ring (bicyclic) bond motifs is 1. The first-order valence-electron chi connectivity index (χ1n) is 4.83. The molecule has 0 bridgehead atoms. The number of nitrogens with zero attached hydrogens (tertiary/aromatic N) is 1. The molecular formula is C11H7F5N2. The summed E-state index contributed by atoms with van der Waals surface area (Å²) in [6.07, 6.45) is -5.67. The summed E-state index contributed by atoms with van der Waals surface area (Å²) < 4.78 is 62.7. The third-order valence-corrected chi connectivity index (χ3v) is 2.39. The first-order valence-corrected chi connectivity index (χ1v) is 4.83. The Balaban J connectivity index is 2.60. The number of rotatable bonds is 1. The predicted molar refractivity (Wildman–Crippen MR) is 56.1 cm³/mol. The molecule has 0 spiro atoms. The molecule has 0 unspecified atom stereocenters. The number of anilines is 1. The van der Waals surface area contributed by atoms with Crippen LogP contribution in [-0.2, 0) is 5.92 Å². The van der Waals surface area contributed by atoms with E-state index < -0.39 is 17.8 Å². The third-order valence-electron chi connectivity index (χ3n) is 2.39. The first kappa shape index (κ1) is 12.5. The molecule has 0 radical (unpaired) electrons. The lowest BCUT2D eigenvalue weighted by atomic mass is 10.1. The van der Waals surface area contributed by atoms with E-state index >= 15 is 0 Å². The lowest BCUT2D eigenvalue weighted by Gasteiger charge is -2.19. The quantitative estimate of drug-likeness (QED) is 0.631. The Morgan fingerprint density at radius 2 is 1.56 bits per heavy atom. The number of nitrogens with two attached hydrogens (primary N) is 1. The van der Waals surface area contributed by atoms with Gasteiger partial charge >= 0.3 is 12.1 Å². The SMILES string of the molecule is Nc1ccc2ccc(C(F)(F)C(F)(F)F)nc2c1. The van der Waals surface area contributed by atoms with Crippen LogP contribution in [0, 0.1) is 0 Å². The van der Waals surface area contributed by atoms with Gasteiger partial charge in [0.15, 0.2) is 0 Å². The van der Waals surface area contributed by atoms with Gasteiger partial charge in [0.1, 0.15) is 5.69 Å². The summed E-state index contributed by atoms with van der Waals surface area (Å²) in [5.41, 5.74) is 4.31. The topological polar surface area (TPSA) is 38.9 Å². The van der Waals surface area contributed by atoms with Crippen LogP contribution in [0.15, 0.2) is 30.3 Å². The van der Waals surface area contributed by atoms with Gasteiger partial charge in [0.2, 0.25) is 0 Å². The van der Waals surface area contributed by atoms with Gasteiger partial charge < -0.3 is 5.73 Å². The van der Waals surface area contributed by atoms with Crippen molar-refractivity contribution in [1.29, 1.82) is 0 Å². The van der Waals surface area contributed by atoms with Gasteiger partial charge in [-0.25, -0.2) is 4.98 Å². The molecule has 1 aromatic carbocycles. The van der Waals surface area contributed by atoms with Gasteiger partial charge in [-0.05, 0) is 18.2 Å². The summed E-state index contributed by atoms with van der Waals surface area (Å²) in [5.74, 6) is -4.98. The van der Waals surface area contributed by atoms with E-state index in [0.717, 1.165) is 6.07 Å². The Hall–Kier alpha value is -1.92. The molecular weight excluding hydrogens is 255 g/mol. The molecule has 0 amide bonds. The third kappa shape index (κ3) is 1.96. The van der Waals surface area contributed by atoms with Crippen molar-refractivity contribution in [1.82, 2.24) is 4.98 Å². The fourth-order valence-corrected chi connectivity index (χ4v) is 1.45. The zero-order valence-electron chi connectivity index (χ0n) is 8.80. The van der Waals surface area contributed by atoms with Crippen LogP contribution in [0.1, 0.15) is 5.69 Å². The summed E-state index contributed by atoms with van der Waals surface area (Å²) in [7, 11) is 0. The summed E-state index contributed by atoms with van der Waals surface area (Å²) in [6, 6.07) is 6.05. The standard InChI is InChI=1S/C11H7F5N2/c12-10(13,11(14,15)16)9-4-2-6-1-3-7(17)5-8(6)18-9/h1-5H,17H2. The van der Waals surface area contributed by atoms with Crippen molar-refractivity contribution in [2.75, 3.05) is 5.73 Å². The van der Waals surface area contributed by atoms with Crippen LogP contribution in [0.25, 0.3) is 10.9 Å². The molecule has 1 heterocycles. The fraction of sp³-hybridized carbons (Fsp3) is 0.182. The molecule has 2 aromatic rings. The molecule has 18 heavy (non-hydrogen) atoms. The van der Waals surface area contributed by atoms with Crippen LogP contribution < -0.4 is 5.73 Å². The minimum absolute atomic E-state index is 0.00331. The summed E-state index contributed by atoms with van der Waals surface area (Å²) in [6.45, 7) is 0. The highest BCUT2D eigenvalue weighted by molar-refractivity contribution is 5.81. The molecule has 7 heteroatoms. The maximum atomic E-state index is 13.1. The Bertz CT molecular complexity index is 591. The second-order valence-corrected chi connectivity index (χ2v) is 3.72. The van der Waals surface area contributed by atoms with E-state index in [-0.39, 0.29) is 11.2 Å². The zero-order chi connectivity index (χ0) is 13.6. The molecule has 2 N–H and O–H groups in total. The number of pyridine rings is 1. The normalized spacial score (nSPS) is 12.9. The van der Waals surface area contributed by atoms with Crippen LogP contribution in [0.5, 0.6) is 0 Å². The van der Waals surface area contributed by atoms with Crippen LogP contribution in [0.2, 0.25) is 0 Å². The summed E-state index contributed by atoms with van der Waals surface area (Å²) in [4.78, 5) is 3.32. The highest BCUT2D eigenvalue weighted by Gasteiger charge is 2.59. The lowest BCUT2D eigenvalue weighted by molar-refractivity contribution is -0.290. The second-order valence-electron chi connectivity index (χ2n) is 3.72. The van der Waals surface area contributed by atoms with E-state index in [4.69, 9.17) is 5.73 Å². The second kappa shape index (κ2) is 3.79. The van der Waals surface area contributed by atoms with Crippen molar-refractivity contribution in [2.45, 2.75) is 12.1 Å². The van der Waals surface area contributed by atoms with Gasteiger partial charge in [0, 0.05) is 11.1 Å². The predicted octanol–water partition coefficient (Wildman–Crippen LogP) is 3.47. The molecule has 0 saturated heterocycles. The van der Waals surface area contributed by atoms with Crippen LogP contribution in [-0.4, -0.2) is 11.2 Å². The fourth-order valence-electron chi connectivity index (χ4n) is 1.45.